The smallest absolute Gasteiger partial charge is 0.338 e. The van der Waals surface area contributed by atoms with Crippen LogP contribution in [0.25, 0.3) is 0 Å². The number of carbonyl (C=O) groups excluding carboxylic acids is 2. The van der Waals surface area contributed by atoms with Gasteiger partial charge in [0.2, 0.25) is 5.91 Å². The van der Waals surface area contributed by atoms with E-state index in [0.29, 0.717) is 17.9 Å². The Morgan fingerprint density at radius 2 is 1.89 bits per heavy atom. The molecular formula is C13H19ClN2O3. The number of halogens is 1. The maximum absolute atomic E-state index is 11.6. The molecular weight excluding hydrogens is 268 g/mol. The van der Waals surface area contributed by atoms with Crippen molar-refractivity contribution < 1.29 is 14.3 Å². The van der Waals surface area contributed by atoms with E-state index in [1.807, 2.05) is 6.92 Å². The minimum absolute atomic E-state index is 0. The zero-order valence-electron chi connectivity index (χ0n) is 10.8. The normalized spacial score (nSPS) is 9.37. The molecule has 0 bridgehead atoms. The number of carbonyl (C=O) groups is 2. The van der Waals surface area contributed by atoms with Crippen LogP contribution in [0.3, 0.4) is 0 Å². The van der Waals surface area contributed by atoms with Gasteiger partial charge in [0, 0.05) is 5.69 Å². The van der Waals surface area contributed by atoms with E-state index in [0.717, 1.165) is 12.8 Å². The summed E-state index contributed by atoms with van der Waals surface area (Å²) in [4.78, 5) is 22.6. The fraction of sp³-hybridized carbons (Fsp3) is 0.385. The molecule has 106 valence electrons. The Morgan fingerprint density at radius 3 is 2.42 bits per heavy atom. The summed E-state index contributed by atoms with van der Waals surface area (Å²) in [7, 11) is 0. The third-order valence-corrected chi connectivity index (χ3v) is 2.32. The van der Waals surface area contributed by atoms with E-state index >= 15 is 0 Å². The molecule has 0 fully saturated rings. The van der Waals surface area contributed by atoms with Gasteiger partial charge >= 0.3 is 5.97 Å². The first-order chi connectivity index (χ1) is 8.67. The second-order valence-electron chi connectivity index (χ2n) is 3.82. The number of rotatable bonds is 6. The standard InChI is InChI=1S/C13H18N2O3.ClH/c1-2-3-8-18-13(17)10-4-6-11(7-5-10)15-12(16)9-14;/h4-7H,2-3,8-9,14H2,1H3,(H,15,16);1H. The van der Waals surface area contributed by atoms with Gasteiger partial charge in [-0.2, -0.15) is 0 Å². The van der Waals surface area contributed by atoms with Gasteiger partial charge in [0.25, 0.3) is 0 Å². The van der Waals surface area contributed by atoms with Gasteiger partial charge < -0.3 is 15.8 Å². The van der Waals surface area contributed by atoms with Crippen molar-refractivity contribution >= 4 is 30.0 Å². The molecule has 5 nitrogen and oxygen atoms in total. The number of ether oxygens (including phenoxy) is 1. The van der Waals surface area contributed by atoms with Crippen LogP contribution in [0.5, 0.6) is 0 Å². The van der Waals surface area contributed by atoms with Crippen LogP contribution < -0.4 is 11.1 Å². The summed E-state index contributed by atoms with van der Waals surface area (Å²) < 4.78 is 5.06. The lowest BCUT2D eigenvalue weighted by atomic mass is 10.2. The number of nitrogens with two attached hydrogens (primary N) is 1. The molecule has 6 heteroatoms. The summed E-state index contributed by atoms with van der Waals surface area (Å²) in [6, 6.07) is 6.51. The Labute approximate surface area is 118 Å². The quantitative estimate of drug-likeness (QED) is 0.619. The van der Waals surface area contributed by atoms with Crippen molar-refractivity contribution in [2.45, 2.75) is 19.8 Å². The highest BCUT2D eigenvalue weighted by Crippen LogP contribution is 2.10. The summed E-state index contributed by atoms with van der Waals surface area (Å²) in [5.74, 6) is -0.617. The minimum atomic E-state index is -0.347. The van der Waals surface area contributed by atoms with Gasteiger partial charge in [0.15, 0.2) is 0 Å². The molecule has 0 unspecified atom stereocenters. The fourth-order valence-corrected chi connectivity index (χ4v) is 1.29. The van der Waals surface area contributed by atoms with Crippen LogP contribution in [0.15, 0.2) is 24.3 Å². The molecule has 1 rings (SSSR count). The average Bonchev–Trinajstić information content (AvgIpc) is 2.39. The number of esters is 1. The first-order valence-electron chi connectivity index (χ1n) is 5.94. The van der Waals surface area contributed by atoms with Crippen molar-refractivity contribution in [1.29, 1.82) is 0 Å². The van der Waals surface area contributed by atoms with Crippen LogP contribution in [0, 0.1) is 0 Å². The molecule has 0 aliphatic carbocycles. The highest BCUT2D eigenvalue weighted by atomic mass is 35.5. The number of hydrogen-bond acceptors (Lipinski definition) is 4. The molecule has 0 aromatic heterocycles. The largest absolute Gasteiger partial charge is 0.462 e. The maximum Gasteiger partial charge on any atom is 0.338 e. The maximum atomic E-state index is 11.6. The second kappa shape index (κ2) is 9.35. The lowest BCUT2D eigenvalue weighted by Crippen LogP contribution is -2.21. The van der Waals surface area contributed by atoms with Crippen LogP contribution in [-0.2, 0) is 9.53 Å². The van der Waals surface area contributed by atoms with Crippen molar-refractivity contribution in [3.63, 3.8) is 0 Å². The number of benzene rings is 1. The second-order valence-corrected chi connectivity index (χ2v) is 3.82. The molecule has 1 aromatic rings. The van der Waals surface area contributed by atoms with E-state index in [2.05, 4.69) is 5.32 Å². The molecule has 0 aliphatic heterocycles. The van der Waals surface area contributed by atoms with E-state index in [1.54, 1.807) is 24.3 Å². The van der Waals surface area contributed by atoms with Crippen molar-refractivity contribution in [1.82, 2.24) is 0 Å². The van der Waals surface area contributed by atoms with E-state index in [1.165, 1.54) is 0 Å². The summed E-state index contributed by atoms with van der Waals surface area (Å²) in [6.07, 6.45) is 1.84. The molecule has 0 heterocycles. The average molecular weight is 287 g/mol. The van der Waals surface area contributed by atoms with E-state index in [4.69, 9.17) is 10.5 Å². The topological polar surface area (TPSA) is 81.4 Å². The molecule has 0 atom stereocenters. The summed E-state index contributed by atoms with van der Waals surface area (Å²) in [6.45, 7) is 2.39. The highest BCUT2D eigenvalue weighted by Gasteiger charge is 2.07. The number of hydrogen-bond donors (Lipinski definition) is 2. The highest BCUT2D eigenvalue weighted by molar-refractivity contribution is 5.93. The third kappa shape index (κ3) is 6.22. The van der Waals surface area contributed by atoms with Crippen molar-refractivity contribution in [2.75, 3.05) is 18.5 Å². The number of anilines is 1. The van der Waals surface area contributed by atoms with Crippen LogP contribution in [0.1, 0.15) is 30.1 Å². The molecule has 3 N–H and O–H groups in total. The molecule has 1 amide bonds. The first-order valence-corrected chi connectivity index (χ1v) is 5.94. The van der Waals surface area contributed by atoms with E-state index in [-0.39, 0.29) is 30.8 Å². The van der Waals surface area contributed by atoms with Gasteiger partial charge in [-0.15, -0.1) is 12.4 Å². The van der Waals surface area contributed by atoms with Gasteiger partial charge in [-0.1, -0.05) is 13.3 Å². The van der Waals surface area contributed by atoms with Gasteiger partial charge in [-0.25, -0.2) is 4.79 Å². The molecule has 0 saturated carbocycles. The monoisotopic (exact) mass is 286 g/mol. The van der Waals surface area contributed by atoms with Gasteiger partial charge in [0.1, 0.15) is 0 Å². The predicted molar refractivity (Wildman–Crippen MR) is 76.6 cm³/mol. The Kier molecular flexibility index (Phi) is 8.57. The fourth-order valence-electron chi connectivity index (χ4n) is 1.29. The summed E-state index contributed by atoms with van der Waals surface area (Å²) in [5.41, 5.74) is 6.26. The summed E-state index contributed by atoms with van der Waals surface area (Å²) in [5, 5.41) is 2.59. The van der Waals surface area contributed by atoms with Crippen LogP contribution in [0.4, 0.5) is 5.69 Å². The molecule has 1 aromatic carbocycles. The Hall–Kier alpha value is -1.59. The SMILES string of the molecule is CCCCOC(=O)c1ccc(NC(=O)CN)cc1.Cl. The first kappa shape index (κ1) is 17.4. The zero-order valence-corrected chi connectivity index (χ0v) is 11.7. The van der Waals surface area contributed by atoms with Crippen LogP contribution in [0.2, 0.25) is 0 Å². The third-order valence-electron chi connectivity index (χ3n) is 2.32. The van der Waals surface area contributed by atoms with E-state index in [9.17, 15) is 9.59 Å². The number of amides is 1. The Bertz CT molecular complexity index is 407. The van der Waals surface area contributed by atoms with Crippen molar-refractivity contribution in [3.05, 3.63) is 29.8 Å². The number of unbranched alkanes of at least 4 members (excludes halogenated alkanes) is 1. The summed E-state index contributed by atoms with van der Waals surface area (Å²) >= 11 is 0. The molecule has 19 heavy (non-hydrogen) atoms. The van der Waals surface area contributed by atoms with E-state index < -0.39 is 0 Å². The van der Waals surface area contributed by atoms with Crippen molar-refractivity contribution in [3.8, 4) is 0 Å². The zero-order chi connectivity index (χ0) is 13.4. The lowest BCUT2D eigenvalue weighted by Gasteiger charge is -2.06. The predicted octanol–water partition coefficient (Wildman–Crippen LogP) is 1.96. The van der Waals surface area contributed by atoms with Crippen LogP contribution in [-0.4, -0.2) is 25.0 Å². The van der Waals surface area contributed by atoms with Gasteiger partial charge in [-0.05, 0) is 30.7 Å². The molecule has 0 aliphatic rings. The Balaban J connectivity index is 0.00000324. The molecule has 0 saturated heterocycles. The van der Waals surface area contributed by atoms with Crippen LogP contribution >= 0.6 is 12.4 Å². The minimum Gasteiger partial charge on any atom is -0.462 e. The van der Waals surface area contributed by atoms with Gasteiger partial charge in [0.05, 0.1) is 18.7 Å². The van der Waals surface area contributed by atoms with Gasteiger partial charge in [-0.3, -0.25) is 4.79 Å². The Morgan fingerprint density at radius 1 is 1.26 bits per heavy atom. The number of nitrogens with one attached hydrogen (secondary N) is 1. The van der Waals surface area contributed by atoms with Crippen molar-refractivity contribution in [2.24, 2.45) is 5.73 Å². The molecule has 0 spiro atoms. The lowest BCUT2D eigenvalue weighted by molar-refractivity contribution is -0.114. The molecule has 0 radical (unpaired) electrons.